The highest BCUT2D eigenvalue weighted by molar-refractivity contribution is 6.42. The Hall–Kier alpha value is -3.32. The van der Waals surface area contributed by atoms with E-state index >= 15 is 0 Å². The predicted octanol–water partition coefficient (Wildman–Crippen LogP) is 3.20. The first-order valence-electron chi connectivity index (χ1n) is 8.68. The van der Waals surface area contributed by atoms with Crippen LogP contribution in [0.4, 0.5) is 4.79 Å². The van der Waals surface area contributed by atoms with Gasteiger partial charge in [-0.1, -0.05) is 35.9 Å². The third kappa shape index (κ3) is 3.95. The molecule has 0 fully saturated rings. The van der Waals surface area contributed by atoms with Crippen LogP contribution in [0.2, 0.25) is 5.02 Å². The van der Waals surface area contributed by atoms with E-state index in [4.69, 9.17) is 16.3 Å². The van der Waals surface area contributed by atoms with Crippen LogP contribution in [0.3, 0.4) is 0 Å². The summed E-state index contributed by atoms with van der Waals surface area (Å²) in [5.41, 5.74) is 1.59. The summed E-state index contributed by atoms with van der Waals surface area (Å²) in [7, 11) is 4.20. The highest BCUT2D eigenvalue weighted by Gasteiger charge is 2.39. The Bertz CT molecular complexity index is 983. The van der Waals surface area contributed by atoms with Crippen LogP contribution in [0.15, 0.2) is 54.1 Å². The van der Waals surface area contributed by atoms with Crippen molar-refractivity contribution in [3.63, 3.8) is 0 Å². The van der Waals surface area contributed by atoms with Crippen molar-refractivity contribution in [3.05, 3.63) is 70.3 Å². The molecule has 1 aliphatic heterocycles. The number of benzene rings is 2. The van der Waals surface area contributed by atoms with E-state index in [1.807, 2.05) is 0 Å². The van der Waals surface area contributed by atoms with E-state index in [9.17, 15) is 14.4 Å². The largest absolute Gasteiger partial charge is 0.497 e. The van der Waals surface area contributed by atoms with Crippen LogP contribution >= 0.6 is 11.6 Å². The zero-order valence-electron chi connectivity index (χ0n) is 16.1. The zero-order chi connectivity index (χ0) is 21.1. The molecule has 0 spiro atoms. The lowest BCUT2D eigenvalue weighted by Crippen LogP contribution is -2.46. The number of nitrogens with one attached hydrogen (secondary N) is 1. The number of carbonyl (C=O) groups excluding carboxylic acids is 3. The fourth-order valence-corrected chi connectivity index (χ4v) is 3.28. The van der Waals surface area contributed by atoms with Gasteiger partial charge in [0.2, 0.25) is 0 Å². The first kappa shape index (κ1) is 20.4. The molecule has 1 aliphatic rings. The van der Waals surface area contributed by atoms with E-state index in [-0.39, 0.29) is 5.57 Å². The van der Waals surface area contributed by atoms with Crippen molar-refractivity contribution in [2.24, 2.45) is 0 Å². The molecule has 150 valence electrons. The summed E-state index contributed by atoms with van der Waals surface area (Å²) >= 11 is 5.98. The lowest BCUT2D eigenvalue weighted by molar-refractivity contribution is -0.150. The zero-order valence-corrected chi connectivity index (χ0v) is 16.8. The highest BCUT2D eigenvalue weighted by atomic mass is 35.5. The number of amides is 2. The van der Waals surface area contributed by atoms with E-state index in [0.29, 0.717) is 27.6 Å². The minimum atomic E-state index is -1.02. The Morgan fingerprint density at radius 1 is 1.03 bits per heavy atom. The SMILES string of the molecule is COC(=O)C(=O)C1=C(c2ccc(Cl)cc2)N(C)C(=O)N[C@H]1c1ccc(OC)cc1. The Morgan fingerprint density at radius 2 is 1.66 bits per heavy atom. The van der Waals surface area contributed by atoms with E-state index in [0.717, 1.165) is 7.11 Å². The maximum Gasteiger partial charge on any atom is 0.379 e. The molecule has 0 saturated carbocycles. The monoisotopic (exact) mass is 414 g/mol. The lowest BCUT2D eigenvalue weighted by Gasteiger charge is -2.35. The average Bonchev–Trinajstić information content (AvgIpc) is 2.75. The van der Waals surface area contributed by atoms with Gasteiger partial charge in [0.05, 0.1) is 31.5 Å². The summed E-state index contributed by atoms with van der Waals surface area (Å²) in [6.45, 7) is 0. The second-order valence-electron chi connectivity index (χ2n) is 6.30. The number of Topliss-reactive ketones (excluding diaryl/α,β-unsaturated/α-hetero) is 1. The molecular formula is C21H19ClN2O5. The molecule has 1 heterocycles. The van der Waals surface area contributed by atoms with E-state index in [1.165, 1.54) is 19.1 Å². The number of esters is 1. The highest BCUT2D eigenvalue weighted by Crippen LogP contribution is 2.36. The molecule has 0 unspecified atom stereocenters. The fraction of sp³-hybridized carbons (Fsp3) is 0.190. The first-order chi connectivity index (χ1) is 13.9. The normalized spacial score (nSPS) is 16.3. The summed E-state index contributed by atoms with van der Waals surface area (Å²) in [5.74, 6) is -1.24. The van der Waals surface area contributed by atoms with Gasteiger partial charge in [0.1, 0.15) is 5.75 Å². The fourth-order valence-electron chi connectivity index (χ4n) is 3.16. The van der Waals surface area contributed by atoms with Crippen molar-refractivity contribution in [1.29, 1.82) is 0 Å². The Labute approximate surface area is 172 Å². The van der Waals surface area contributed by atoms with Crippen LogP contribution in [0.25, 0.3) is 5.70 Å². The van der Waals surface area contributed by atoms with E-state index in [1.54, 1.807) is 48.5 Å². The van der Waals surface area contributed by atoms with Crippen LogP contribution in [0, 0.1) is 0 Å². The van der Waals surface area contributed by atoms with Crippen molar-refractivity contribution < 1.29 is 23.9 Å². The number of methoxy groups -OCH3 is 2. The second kappa shape index (κ2) is 8.36. The number of rotatable bonds is 5. The van der Waals surface area contributed by atoms with Gasteiger partial charge in [-0.25, -0.2) is 9.59 Å². The molecule has 2 aromatic rings. The molecule has 2 aromatic carbocycles. The molecule has 0 bridgehead atoms. The smallest absolute Gasteiger partial charge is 0.379 e. The van der Waals surface area contributed by atoms with Crippen LogP contribution in [-0.2, 0) is 14.3 Å². The van der Waals surface area contributed by atoms with Crippen LogP contribution < -0.4 is 10.1 Å². The number of ketones is 1. The van der Waals surface area contributed by atoms with E-state index < -0.39 is 23.8 Å². The Morgan fingerprint density at radius 3 is 2.21 bits per heavy atom. The first-order valence-corrected chi connectivity index (χ1v) is 9.06. The second-order valence-corrected chi connectivity index (χ2v) is 6.74. The number of halogens is 1. The van der Waals surface area contributed by atoms with Gasteiger partial charge < -0.3 is 14.8 Å². The molecule has 7 nitrogen and oxygen atoms in total. The summed E-state index contributed by atoms with van der Waals surface area (Å²) in [4.78, 5) is 39.1. The molecule has 0 aliphatic carbocycles. The van der Waals surface area contributed by atoms with Crippen LogP contribution in [0.5, 0.6) is 5.75 Å². The number of urea groups is 1. The molecular weight excluding hydrogens is 396 g/mol. The number of carbonyl (C=O) groups is 3. The predicted molar refractivity (Wildman–Crippen MR) is 107 cm³/mol. The molecule has 29 heavy (non-hydrogen) atoms. The molecule has 1 N–H and O–H groups in total. The van der Waals surface area contributed by atoms with Crippen LogP contribution in [-0.4, -0.2) is 44.0 Å². The topological polar surface area (TPSA) is 84.9 Å². The molecule has 8 heteroatoms. The van der Waals surface area contributed by atoms with Crippen molar-refractivity contribution in [2.45, 2.75) is 6.04 Å². The van der Waals surface area contributed by atoms with Crippen molar-refractivity contribution in [3.8, 4) is 5.75 Å². The lowest BCUT2D eigenvalue weighted by atomic mass is 9.89. The maximum atomic E-state index is 13.0. The standard InChI is InChI=1S/C21H19ClN2O5/c1-24-18(13-4-8-14(22)9-5-13)16(19(25)20(26)29-3)17(23-21(24)27)12-6-10-15(28-2)11-7-12/h4-11,17H,1-3H3,(H,23,27)/t17-/m0/s1. The summed E-state index contributed by atoms with van der Waals surface area (Å²) in [6, 6.07) is 12.3. The van der Waals surface area contributed by atoms with Gasteiger partial charge in [0.15, 0.2) is 0 Å². The van der Waals surface area contributed by atoms with Crippen molar-refractivity contribution in [2.75, 3.05) is 21.3 Å². The average molecular weight is 415 g/mol. The minimum Gasteiger partial charge on any atom is -0.497 e. The van der Waals surface area contributed by atoms with Gasteiger partial charge in [0, 0.05) is 12.1 Å². The third-order valence-corrected chi connectivity index (χ3v) is 4.89. The van der Waals surface area contributed by atoms with Crippen molar-refractivity contribution in [1.82, 2.24) is 10.2 Å². The van der Waals surface area contributed by atoms with Gasteiger partial charge in [-0.3, -0.25) is 9.69 Å². The quantitative estimate of drug-likeness (QED) is 0.600. The molecule has 0 aromatic heterocycles. The Balaban J connectivity index is 2.24. The van der Waals surface area contributed by atoms with Crippen LogP contribution in [0.1, 0.15) is 17.2 Å². The molecule has 1 atom stereocenters. The Kier molecular flexibility index (Phi) is 5.89. The maximum absolute atomic E-state index is 13.0. The van der Waals surface area contributed by atoms with Gasteiger partial charge in [-0.05, 0) is 35.4 Å². The molecule has 0 radical (unpaired) electrons. The van der Waals surface area contributed by atoms with Gasteiger partial charge in [0.25, 0.3) is 5.78 Å². The van der Waals surface area contributed by atoms with E-state index in [2.05, 4.69) is 10.1 Å². The molecule has 3 rings (SSSR count). The molecule has 0 saturated heterocycles. The third-order valence-electron chi connectivity index (χ3n) is 4.63. The van der Waals surface area contributed by atoms with Gasteiger partial charge in [-0.2, -0.15) is 0 Å². The summed E-state index contributed by atoms with van der Waals surface area (Å²) in [5, 5.41) is 3.28. The van der Waals surface area contributed by atoms with Gasteiger partial charge in [-0.15, -0.1) is 0 Å². The number of ether oxygens (including phenoxy) is 2. The minimum absolute atomic E-state index is 0.103. The summed E-state index contributed by atoms with van der Waals surface area (Å²) in [6.07, 6.45) is 0. The number of hydrogen-bond donors (Lipinski definition) is 1. The van der Waals surface area contributed by atoms with Crippen molar-refractivity contribution >= 4 is 35.1 Å². The molecule has 2 amide bonds. The number of hydrogen-bond acceptors (Lipinski definition) is 5. The van der Waals surface area contributed by atoms with Gasteiger partial charge >= 0.3 is 12.0 Å². The summed E-state index contributed by atoms with van der Waals surface area (Å²) < 4.78 is 9.82. The number of nitrogens with zero attached hydrogens (tertiary/aromatic N) is 1.